The van der Waals surface area contributed by atoms with Crippen LogP contribution in [0.2, 0.25) is 0 Å². The van der Waals surface area contributed by atoms with Gasteiger partial charge in [-0.1, -0.05) is 6.07 Å². The number of rotatable bonds is 4. The number of pyridine rings is 1. The summed E-state index contributed by atoms with van der Waals surface area (Å²) in [7, 11) is -3.84. The van der Waals surface area contributed by atoms with E-state index in [2.05, 4.69) is 9.71 Å². The summed E-state index contributed by atoms with van der Waals surface area (Å²) in [5.74, 6) is -1.18. The van der Waals surface area contributed by atoms with Gasteiger partial charge >= 0.3 is 5.97 Å². The van der Waals surface area contributed by atoms with E-state index in [0.29, 0.717) is 5.69 Å². The second-order valence-corrected chi connectivity index (χ2v) is 5.87. The van der Waals surface area contributed by atoms with Gasteiger partial charge in [-0.15, -0.1) is 0 Å². The van der Waals surface area contributed by atoms with Crippen LogP contribution in [0.3, 0.4) is 0 Å². The number of aromatic nitrogens is 1. The number of aromatic carboxylic acids is 1. The molecule has 2 rings (SSSR count). The minimum Gasteiger partial charge on any atom is -0.478 e. The van der Waals surface area contributed by atoms with Gasteiger partial charge in [-0.3, -0.25) is 9.71 Å². The largest absolute Gasteiger partial charge is 0.478 e. The van der Waals surface area contributed by atoms with Crippen LogP contribution in [0, 0.1) is 6.92 Å². The number of nitrogens with zero attached hydrogens (tertiary/aromatic N) is 1. The summed E-state index contributed by atoms with van der Waals surface area (Å²) >= 11 is 0. The van der Waals surface area contributed by atoms with Crippen LogP contribution in [0.15, 0.2) is 47.6 Å². The van der Waals surface area contributed by atoms with Crippen LogP contribution >= 0.6 is 0 Å². The topological polar surface area (TPSA) is 96.4 Å². The van der Waals surface area contributed by atoms with E-state index in [9.17, 15) is 13.2 Å². The number of benzene rings is 1. The molecule has 0 aliphatic heterocycles. The number of carboxylic acid groups (broad SMARTS) is 1. The zero-order valence-corrected chi connectivity index (χ0v) is 11.4. The van der Waals surface area contributed by atoms with Crippen LogP contribution in [-0.4, -0.2) is 24.5 Å². The summed E-state index contributed by atoms with van der Waals surface area (Å²) in [5.41, 5.74) is 1.05. The Morgan fingerprint density at radius 3 is 2.65 bits per heavy atom. The van der Waals surface area contributed by atoms with Crippen LogP contribution in [0.4, 0.5) is 5.69 Å². The number of aryl methyl sites for hydroxylation is 1. The van der Waals surface area contributed by atoms with Crippen molar-refractivity contribution in [3.8, 4) is 0 Å². The predicted molar refractivity (Wildman–Crippen MR) is 73.2 cm³/mol. The van der Waals surface area contributed by atoms with Crippen molar-refractivity contribution in [2.24, 2.45) is 0 Å². The molecule has 2 aromatic rings. The van der Waals surface area contributed by atoms with Gasteiger partial charge in [0.2, 0.25) is 0 Å². The highest BCUT2D eigenvalue weighted by molar-refractivity contribution is 7.92. The summed E-state index contributed by atoms with van der Waals surface area (Å²) in [6, 6.07) is 6.78. The zero-order chi connectivity index (χ0) is 14.8. The fraction of sp³-hybridized carbons (Fsp3) is 0.0769. The lowest BCUT2D eigenvalue weighted by atomic mass is 10.2. The van der Waals surface area contributed by atoms with E-state index in [1.807, 2.05) is 0 Å². The quantitative estimate of drug-likeness (QED) is 0.897. The Hall–Kier alpha value is -2.41. The van der Waals surface area contributed by atoms with Crippen molar-refractivity contribution >= 4 is 21.7 Å². The molecule has 0 amide bonds. The molecule has 0 radical (unpaired) electrons. The Morgan fingerprint density at radius 2 is 2.00 bits per heavy atom. The first kappa shape index (κ1) is 14.0. The number of nitrogens with one attached hydrogen (secondary N) is 1. The van der Waals surface area contributed by atoms with Gasteiger partial charge in [-0.2, -0.15) is 0 Å². The van der Waals surface area contributed by atoms with Gasteiger partial charge in [0.15, 0.2) is 0 Å². The Morgan fingerprint density at radius 1 is 1.25 bits per heavy atom. The lowest BCUT2D eigenvalue weighted by molar-refractivity contribution is 0.0696. The fourth-order valence-corrected chi connectivity index (χ4v) is 2.70. The monoisotopic (exact) mass is 292 g/mol. The SMILES string of the molecule is Cc1cncc(NS(=O)(=O)c2cccc(C(=O)O)c2)c1. The van der Waals surface area contributed by atoms with Crippen molar-refractivity contribution in [3.05, 3.63) is 53.9 Å². The molecule has 0 unspecified atom stereocenters. The molecule has 0 fully saturated rings. The molecular formula is C13H12N2O4S. The van der Waals surface area contributed by atoms with Crippen LogP contribution in [0.25, 0.3) is 0 Å². The van der Waals surface area contributed by atoms with Crippen LogP contribution in [-0.2, 0) is 10.0 Å². The third kappa shape index (κ3) is 3.12. The molecule has 0 spiro atoms. The molecular weight excluding hydrogens is 280 g/mol. The van der Waals surface area contributed by atoms with E-state index in [1.165, 1.54) is 24.4 Å². The molecule has 0 saturated heterocycles. The highest BCUT2D eigenvalue weighted by atomic mass is 32.2. The number of hydrogen-bond acceptors (Lipinski definition) is 4. The number of anilines is 1. The fourth-order valence-electron chi connectivity index (χ4n) is 1.62. The van der Waals surface area contributed by atoms with Gasteiger partial charge < -0.3 is 5.11 Å². The van der Waals surface area contributed by atoms with E-state index in [4.69, 9.17) is 5.11 Å². The Balaban J connectivity index is 2.35. The molecule has 20 heavy (non-hydrogen) atoms. The average Bonchev–Trinajstić information content (AvgIpc) is 2.38. The van der Waals surface area contributed by atoms with Gasteiger partial charge in [0.05, 0.1) is 22.3 Å². The summed E-state index contributed by atoms with van der Waals surface area (Å²) in [5, 5.41) is 8.88. The maximum atomic E-state index is 12.2. The molecule has 0 saturated carbocycles. The van der Waals surface area contributed by atoms with Gasteiger partial charge in [-0.05, 0) is 36.8 Å². The van der Waals surface area contributed by atoms with E-state index in [-0.39, 0.29) is 10.5 Å². The minimum absolute atomic E-state index is 0.0877. The summed E-state index contributed by atoms with van der Waals surface area (Å²) in [6.07, 6.45) is 2.98. The average molecular weight is 292 g/mol. The maximum absolute atomic E-state index is 12.2. The number of carboxylic acids is 1. The van der Waals surface area contributed by atoms with Crippen molar-refractivity contribution < 1.29 is 18.3 Å². The lowest BCUT2D eigenvalue weighted by Gasteiger charge is -2.08. The molecule has 7 heteroatoms. The molecule has 2 N–H and O–H groups in total. The van der Waals surface area contributed by atoms with Crippen molar-refractivity contribution in [3.63, 3.8) is 0 Å². The predicted octanol–water partition coefficient (Wildman–Crippen LogP) is 1.89. The maximum Gasteiger partial charge on any atom is 0.335 e. The third-order valence-electron chi connectivity index (χ3n) is 2.52. The molecule has 1 aromatic heterocycles. The standard InChI is InChI=1S/C13H12N2O4S/c1-9-5-11(8-14-7-9)15-20(18,19)12-4-2-3-10(6-12)13(16)17/h2-8,15H,1H3,(H,16,17). The van der Waals surface area contributed by atoms with Gasteiger partial charge in [-0.25, -0.2) is 13.2 Å². The van der Waals surface area contributed by atoms with Crippen LogP contribution in [0.1, 0.15) is 15.9 Å². The molecule has 104 valence electrons. The third-order valence-corrected chi connectivity index (χ3v) is 3.90. The molecule has 6 nitrogen and oxygen atoms in total. The summed E-state index contributed by atoms with van der Waals surface area (Å²) in [4.78, 5) is 14.6. The Bertz CT molecular complexity index is 756. The smallest absolute Gasteiger partial charge is 0.335 e. The second kappa shape index (κ2) is 5.30. The highest BCUT2D eigenvalue weighted by Crippen LogP contribution is 2.17. The molecule has 0 bridgehead atoms. The van der Waals surface area contributed by atoms with Crippen LogP contribution < -0.4 is 4.72 Å². The van der Waals surface area contributed by atoms with E-state index < -0.39 is 16.0 Å². The molecule has 0 aliphatic carbocycles. The minimum atomic E-state index is -3.84. The molecule has 1 heterocycles. The van der Waals surface area contributed by atoms with Gasteiger partial charge in [0.25, 0.3) is 10.0 Å². The Labute approximate surface area is 116 Å². The normalized spacial score (nSPS) is 11.1. The summed E-state index contributed by atoms with van der Waals surface area (Å²) in [6.45, 7) is 1.79. The van der Waals surface area contributed by atoms with Crippen molar-refractivity contribution in [1.82, 2.24) is 4.98 Å². The Kier molecular flexibility index (Phi) is 3.71. The van der Waals surface area contributed by atoms with E-state index in [1.54, 1.807) is 19.2 Å². The first-order chi connectivity index (χ1) is 9.38. The molecule has 0 atom stereocenters. The van der Waals surface area contributed by atoms with Gasteiger partial charge in [0, 0.05) is 6.20 Å². The highest BCUT2D eigenvalue weighted by Gasteiger charge is 2.16. The first-order valence-electron chi connectivity index (χ1n) is 5.66. The van der Waals surface area contributed by atoms with Crippen molar-refractivity contribution in [2.45, 2.75) is 11.8 Å². The molecule has 0 aliphatic rings. The summed E-state index contributed by atoms with van der Waals surface area (Å²) < 4.78 is 26.7. The zero-order valence-electron chi connectivity index (χ0n) is 10.6. The van der Waals surface area contributed by atoms with E-state index in [0.717, 1.165) is 11.6 Å². The first-order valence-corrected chi connectivity index (χ1v) is 7.14. The number of sulfonamides is 1. The van der Waals surface area contributed by atoms with Crippen molar-refractivity contribution in [1.29, 1.82) is 0 Å². The molecule has 1 aromatic carbocycles. The second-order valence-electron chi connectivity index (χ2n) is 4.19. The van der Waals surface area contributed by atoms with Gasteiger partial charge in [0.1, 0.15) is 0 Å². The number of hydrogen-bond donors (Lipinski definition) is 2. The number of carbonyl (C=O) groups is 1. The van der Waals surface area contributed by atoms with E-state index >= 15 is 0 Å². The van der Waals surface area contributed by atoms with Crippen LogP contribution in [0.5, 0.6) is 0 Å². The van der Waals surface area contributed by atoms with Crippen molar-refractivity contribution in [2.75, 3.05) is 4.72 Å². The lowest BCUT2D eigenvalue weighted by Crippen LogP contribution is -2.14.